The largest absolute Gasteiger partial charge is 0.497 e. The molecular formula is C14H21ClO. The number of hydrogen-bond acceptors (Lipinski definition) is 1. The maximum atomic E-state index is 6.31. The van der Waals surface area contributed by atoms with Gasteiger partial charge in [0.1, 0.15) is 5.75 Å². The first-order valence-electron chi connectivity index (χ1n) is 5.88. The Morgan fingerprint density at radius 1 is 1.25 bits per heavy atom. The third-order valence-electron chi connectivity index (χ3n) is 2.65. The zero-order valence-electron chi connectivity index (χ0n) is 10.4. The van der Waals surface area contributed by atoms with Gasteiger partial charge in [0.05, 0.1) is 7.11 Å². The van der Waals surface area contributed by atoms with Gasteiger partial charge in [-0.1, -0.05) is 26.0 Å². The fraction of sp³-hybridized carbons (Fsp3) is 0.571. The van der Waals surface area contributed by atoms with E-state index >= 15 is 0 Å². The Kier molecular flexibility index (Phi) is 5.68. The van der Waals surface area contributed by atoms with E-state index in [1.54, 1.807) is 7.11 Å². The lowest BCUT2D eigenvalue weighted by Crippen LogP contribution is -2.05. The Labute approximate surface area is 104 Å². The summed E-state index contributed by atoms with van der Waals surface area (Å²) in [5.74, 6) is 1.64. The minimum absolute atomic E-state index is 0.231. The Morgan fingerprint density at radius 2 is 2.00 bits per heavy atom. The van der Waals surface area contributed by atoms with Crippen LogP contribution in [0.4, 0.5) is 0 Å². The summed E-state index contributed by atoms with van der Waals surface area (Å²) >= 11 is 6.31. The monoisotopic (exact) mass is 240 g/mol. The molecule has 1 aromatic carbocycles. The molecule has 1 nitrogen and oxygen atoms in total. The summed E-state index contributed by atoms with van der Waals surface area (Å²) < 4.78 is 5.19. The highest BCUT2D eigenvalue weighted by Crippen LogP contribution is 2.19. The predicted octanol–water partition coefficient (Wildman–Crippen LogP) is 4.28. The molecule has 0 aliphatic rings. The second-order valence-corrected chi connectivity index (χ2v) is 5.24. The molecule has 0 spiro atoms. The fourth-order valence-corrected chi connectivity index (χ4v) is 1.98. The summed E-state index contributed by atoms with van der Waals surface area (Å²) in [6.07, 6.45) is 3.19. The highest BCUT2D eigenvalue weighted by molar-refractivity contribution is 6.20. The minimum Gasteiger partial charge on any atom is -0.497 e. The first-order chi connectivity index (χ1) is 7.61. The molecule has 0 radical (unpaired) electrons. The van der Waals surface area contributed by atoms with Crippen LogP contribution >= 0.6 is 11.6 Å². The van der Waals surface area contributed by atoms with E-state index in [2.05, 4.69) is 26.0 Å². The average Bonchev–Trinajstić information content (AvgIpc) is 2.26. The van der Waals surface area contributed by atoms with Crippen molar-refractivity contribution in [1.29, 1.82) is 0 Å². The summed E-state index contributed by atoms with van der Waals surface area (Å²) in [5, 5.41) is 0.231. The maximum absolute atomic E-state index is 6.31. The van der Waals surface area contributed by atoms with Crippen LogP contribution < -0.4 is 4.74 Å². The zero-order chi connectivity index (χ0) is 12.0. The molecule has 0 N–H and O–H groups in total. The van der Waals surface area contributed by atoms with Crippen molar-refractivity contribution < 1.29 is 4.74 Å². The molecule has 0 aliphatic carbocycles. The van der Waals surface area contributed by atoms with Crippen LogP contribution in [-0.2, 0) is 6.42 Å². The summed E-state index contributed by atoms with van der Waals surface area (Å²) in [4.78, 5) is 0. The van der Waals surface area contributed by atoms with E-state index in [1.165, 1.54) is 12.0 Å². The number of halogens is 1. The Balaban J connectivity index is 2.45. The number of alkyl halides is 1. The van der Waals surface area contributed by atoms with Crippen LogP contribution in [0.2, 0.25) is 0 Å². The molecule has 1 rings (SSSR count). The van der Waals surface area contributed by atoms with Crippen molar-refractivity contribution >= 4 is 11.6 Å². The van der Waals surface area contributed by atoms with E-state index in [4.69, 9.17) is 16.3 Å². The van der Waals surface area contributed by atoms with Gasteiger partial charge in [0.15, 0.2) is 0 Å². The number of rotatable bonds is 6. The van der Waals surface area contributed by atoms with Crippen LogP contribution in [0.5, 0.6) is 5.75 Å². The van der Waals surface area contributed by atoms with Crippen molar-refractivity contribution in [3.05, 3.63) is 29.8 Å². The van der Waals surface area contributed by atoms with Crippen molar-refractivity contribution in [2.75, 3.05) is 7.11 Å². The van der Waals surface area contributed by atoms with Crippen LogP contribution in [0.25, 0.3) is 0 Å². The number of methoxy groups -OCH3 is 1. The van der Waals surface area contributed by atoms with Gasteiger partial charge >= 0.3 is 0 Å². The molecule has 0 saturated heterocycles. The van der Waals surface area contributed by atoms with Gasteiger partial charge in [0.25, 0.3) is 0 Å². The molecule has 1 unspecified atom stereocenters. The van der Waals surface area contributed by atoms with Crippen molar-refractivity contribution in [1.82, 2.24) is 0 Å². The topological polar surface area (TPSA) is 9.23 Å². The van der Waals surface area contributed by atoms with Gasteiger partial charge in [0.2, 0.25) is 0 Å². The Hall–Kier alpha value is -0.690. The third kappa shape index (κ3) is 4.89. The molecule has 0 saturated carbocycles. The SMILES string of the molecule is COc1cccc(CC(Cl)CCC(C)C)c1. The van der Waals surface area contributed by atoms with Gasteiger partial charge < -0.3 is 4.74 Å². The molecule has 0 fully saturated rings. The number of ether oxygens (including phenoxy) is 1. The van der Waals surface area contributed by atoms with E-state index in [-0.39, 0.29) is 5.38 Å². The molecule has 0 amide bonds. The quantitative estimate of drug-likeness (QED) is 0.675. The lowest BCUT2D eigenvalue weighted by Gasteiger charge is -2.11. The average molecular weight is 241 g/mol. The number of hydrogen-bond donors (Lipinski definition) is 0. The first kappa shape index (κ1) is 13.4. The molecule has 2 heteroatoms. The number of benzene rings is 1. The summed E-state index contributed by atoms with van der Waals surface area (Å²) in [5.41, 5.74) is 1.25. The van der Waals surface area contributed by atoms with E-state index in [1.807, 2.05) is 12.1 Å². The molecule has 90 valence electrons. The standard InChI is InChI=1S/C14H21ClO/c1-11(2)7-8-13(15)9-12-5-4-6-14(10-12)16-3/h4-6,10-11,13H,7-9H2,1-3H3. The third-order valence-corrected chi connectivity index (χ3v) is 3.02. The lowest BCUT2D eigenvalue weighted by molar-refractivity contribution is 0.414. The Morgan fingerprint density at radius 3 is 2.62 bits per heavy atom. The van der Waals surface area contributed by atoms with Crippen LogP contribution in [0.15, 0.2) is 24.3 Å². The van der Waals surface area contributed by atoms with Crippen molar-refractivity contribution in [2.24, 2.45) is 5.92 Å². The highest BCUT2D eigenvalue weighted by atomic mass is 35.5. The second-order valence-electron chi connectivity index (χ2n) is 4.62. The van der Waals surface area contributed by atoms with Gasteiger partial charge in [0, 0.05) is 5.38 Å². The van der Waals surface area contributed by atoms with Crippen LogP contribution in [0.3, 0.4) is 0 Å². The molecule has 0 bridgehead atoms. The zero-order valence-corrected chi connectivity index (χ0v) is 11.1. The van der Waals surface area contributed by atoms with Gasteiger partial charge in [-0.05, 0) is 42.9 Å². The van der Waals surface area contributed by atoms with Gasteiger partial charge in [-0.25, -0.2) is 0 Å². The lowest BCUT2D eigenvalue weighted by atomic mass is 10.0. The smallest absolute Gasteiger partial charge is 0.119 e. The normalized spacial score (nSPS) is 12.8. The van der Waals surface area contributed by atoms with Gasteiger partial charge in [-0.2, -0.15) is 0 Å². The van der Waals surface area contributed by atoms with Gasteiger partial charge in [-0.15, -0.1) is 11.6 Å². The summed E-state index contributed by atoms with van der Waals surface area (Å²) in [6.45, 7) is 4.46. The van der Waals surface area contributed by atoms with Crippen molar-refractivity contribution in [3.63, 3.8) is 0 Å². The Bertz CT molecular complexity index is 309. The molecule has 16 heavy (non-hydrogen) atoms. The molecule has 1 aromatic rings. The first-order valence-corrected chi connectivity index (χ1v) is 6.32. The van der Waals surface area contributed by atoms with Crippen LogP contribution in [0, 0.1) is 5.92 Å². The molecule has 0 aliphatic heterocycles. The van der Waals surface area contributed by atoms with E-state index in [0.29, 0.717) is 0 Å². The maximum Gasteiger partial charge on any atom is 0.119 e. The van der Waals surface area contributed by atoms with Crippen LogP contribution in [-0.4, -0.2) is 12.5 Å². The van der Waals surface area contributed by atoms with E-state index in [9.17, 15) is 0 Å². The highest BCUT2D eigenvalue weighted by Gasteiger charge is 2.07. The molecule has 0 aromatic heterocycles. The molecular weight excluding hydrogens is 220 g/mol. The summed E-state index contributed by atoms with van der Waals surface area (Å²) in [6, 6.07) is 8.14. The van der Waals surface area contributed by atoms with Gasteiger partial charge in [-0.3, -0.25) is 0 Å². The van der Waals surface area contributed by atoms with E-state index < -0.39 is 0 Å². The molecule has 1 atom stereocenters. The van der Waals surface area contributed by atoms with E-state index in [0.717, 1.165) is 24.5 Å². The summed E-state index contributed by atoms with van der Waals surface area (Å²) in [7, 11) is 1.69. The van der Waals surface area contributed by atoms with Crippen molar-refractivity contribution in [2.45, 2.75) is 38.5 Å². The minimum atomic E-state index is 0.231. The fourth-order valence-electron chi connectivity index (χ4n) is 1.67. The predicted molar refractivity (Wildman–Crippen MR) is 70.4 cm³/mol. The van der Waals surface area contributed by atoms with Crippen LogP contribution in [0.1, 0.15) is 32.3 Å². The molecule has 0 heterocycles. The second kappa shape index (κ2) is 6.80. The van der Waals surface area contributed by atoms with Crippen molar-refractivity contribution in [3.8, 4) is 5.75 Å².